The monoisotopic (exact) mass is 808 g/mol. The van der Waals surface area contributed by atoms with Crippen molar-refractivity contribution in [3.63, 3.8) is 0 Å². The van der Waals surface area contributed by atoms with Crippen LogP contribution in [0.3, 0.4) is 0 Å². The molecule has 0 aromatic carbocycles. The van der Waals surface area contributed by atoms with Crippen molar-refractivity contribution < 1.29 is 51.8 Å². The Kier molecular flexibility index (Phi) is 31.8. The highest BCUT2D eigenvalue weighted by Crippen LogP contribution is 2.26. The standard InChI is InChI=1S/C42H81NO11S/c1-3-5-7-9-11-13-15-17-18-20-22-24-26-28-30-32-38(46)43-35(36(45)31-29-27-25-23-21-19-16-14-12-10-8-6-4-2)34-52-42-40(48)41(54-55(49,50)51)39(47)37(33-44)53-42/h13,15,35-37,39-42,44-45,47-48H,3-12,14,16-34H2,1-2H3,(H,43,46)(H,49,50,51)/b15-13-. The Labute approximate surface area is 334 Å². The smallest absolute Gasteiger partial charge is 0.394 e. The van der Waals surface area contributed by atoms with Crippen LogP contribution in [0.4, 0.5) is 0 Å². The number of carbonyl (C=O) groups excluding carboxylic acids is 1. The first-order valence-electron chi connectivity index (χ1n) is 22.1. The van der Waals surface area contributed by atoms with Crippen LogP contribution in [-0.4, -0.2) is 95.4 Å². The predicted molar refractivity (Wildman–Crippen MR) is 218 cm³/mol. The van der Waals surface area contributed by atoms with Crippen LogP contribution in [0.25, 0.3) is 0 Å². The van der Waals surface area contributed by atoms with Crippen molar-refractivity contribution in [2.75, 3.05) is 13.2 Å². The molecule has 1 aliphatic heterocycles. The molecule has 0 bridgehead atoms. The zero-order valence-corrected chi connectivity index (χ0v) is 35.3. The maximum atomic E-state index is 13.0. The summed E-state index contributed by atoms with van der Waals surface area (Å²) in [5, 5.41) is 44.7. The van der Waals surface area contributed by atoms with Gasteiger partial charge in [-0.1, -0.05) is 161 Å². The fourth-order valence-corrected chi connectivity index (χ4v) is 7.61. The van der Waals surface area contributed by atoms with Gasteiger partial charge in [-0.05, 0) is 38.5 Å². The molecule has 55 heavy (non-hydrogen) atoms. The molecule has 0 spiro atoms. The summed E-state index contributed by atoms with van der Waals surface area (Å²) in [6.45, 7) is 3.42. The van der Waals surface area contributed by atoms with Crippen LogP contribution in [0.5, 0.6) is 0 Å². The molecule has 0 radical (unpaired) electrons. The fourth-order valence-electron chi connectivity index (χ4n) is 7.10. The number of rotatable bonds is 37. The van der Waals surface area contributed by atoms with Gasteiger partial charge in [-0.25, -0.2) is 4.18 Å². The molecular formula is C42H81NO11S. The Hall–Kier alpha value is -1.16. The van der Waals surface area contributed by atoms with Gasteiger partial charge in [0.2, 0.25) is 5.91 Å². The first-order valence-corrected chi connectivity index (χ1v) is 23.4. The molecule has 7 atom stereocenters. The quantitative estimate of drug-likeness (QED) is 0.0203. The van der Waals surface area contributed by atoms with E-state index in [1.807, 2.05) is 0 Å². The lowest BCUT2D eigenvalue weighted by molar-refractivity contribution is -0.298. The van der Waals surface area contributed by atoms with Gasteiger partial charge in [0.15, 0.2) is 6.29 Å². The lowest BCUT2D eigenvalue weighted by atomic mass is 9.99. The summed E-state index contributed by atoms with van der Waals surface area (Å²) in [4.78, 5) is 13.0. The maximum Gasteiger partial charge on any atom is 0.397 e. The summed E-state index contributed by atoms with van der Waals surface area (Å²) in [6.07, 6.45) is 26.4. The number of amides is 1. The third-order valence-electron chi connectivity index (χ3n) is 10.6. The van der Waals surface area contributed by atoms with Gasteiger partial charge in [-0.3, -0.25) is 9.35 Å². The third kappa shape index (κ3) is 27.2. The average Bonchev–Trinajstić information content (AvgIpc) is 3.15. The fraction of sp³-hybridized carbons (Fsp3) is 0.929. The highest BCUT2D eigenvalue weighted by molar-refractivity contribution is 7.80. The third-order valence-corrected chi connectivity index (χ3v) is 11.0. The minimum atomic E-state index is -5.07. The number of aliphatic hydroxyl groups excluding tert-OH is 4. The number of aliphatic hydroxyl groups is 4. The number of allylic oxidation sites excluding steroid dienone is 2. The van der Waals surface area contributed by atoms with Crippen LogP contribution in [0.1, 0.15) is 194 Å². The first-order chi connectivity index (χ1) is 26.5. The molecule has 0 aliphatic carbocycles. The van der Waals surface area contributed by atoms with E-state index in [1.165, 1.54) is 109 Å². The van der Waals surface area contributed by atoms with Crippen molar-refractivity contribution >= 4 is 16.3 Å². The van der Waals surface area contributed by atoms with E-state index in [0.717, 1.165) is 51.4 Å². The van der Waals surface area contributed by atoms with E-state index >= 15 is 0 Å². The highest BCUT2D eigenvalue weighted by atomic mass is 32.3. The molecule has 1 saturated heterocycles. The number of unbranched alkanes of at least 4 members (excludes halogenated alkanes) is 23. The molecule has 1 rings (SSSR count). The number of hydrogen-bond donors (Lipinski definition) is 6. The minimum Gasteiger partial charge on any atom is -0.394 e. The Morgan fingerprint density at radius 2 is 1.16 bits per heavy atom. The second-order valence-electron chi connectivity index (χ2n) is 15.6. The molecule has 1 fully saturated rings. The average molecular weight is 808 g/mol. The van der Waals surface area contributed by atoms with Gasteiger partial charge in [0.05, 0.1) is 25.4 Å². The van der Waals surface area contributed by atoms with Gasteiger partial charge in [-0.15, -0.1) is 0 Å². The topological polar surface area (TPSA) is 192 Å². The number of ether oxygens (including phenoxy) is 2. The molecule has 1 aliphatic rings. The van der Waals surface area contributed by atoms with Crippen molar-refractivity contribution in [1.82, 2.24) is 5.32 Å². The highest BCUT2D eigenvalue weighted by Gasteiger charge is 2.48. The van der Waals surface area contributed by atoms with Gasteiger partial charge >= 0.3 is 10.4 Å². The molecule has 326 valence electrons. The lowest BCUT2D eigenvalue weighted by Gasteiger charge is -2.41. The molecule has 6 N–H and O–H groups in total. The maximum absolute atomic E-state index is 13.0. The molecule has 7 unspecified atom stereocenters. The Morgan fingerprint density at radius 3 is 1.65 bits per heavy atom. The van der Waals surface area contributed by atoms with Gasteiger partial charge in [0.1, 0.15) is 24.4 Å². The van der Waals surface area contributed by atoms with Crippen molar-refractivity contribution in [2.24, 2.45) is 0 Å². The molecule has 0 aromatic heterocycles. The van der Waals surface area contributed by atoms with Gasteiger partial charge < -0.3 is 35.2 Å². The zero-order valence-electron chi connectivity index (χ0n) is 34.5. The van der Waals surface area contributed by atoms with Crippen LogP contribution in [-0.2, 0) is 28.9 Å². The van der Waals surface area contributed by atoms with Gasteiger partial charge in [0, 0.05) is 6.42 Å². The Bertz CT molecular complexity index is 1050. The Balaban J connectivity index is 2.53. The zero-order chi connectivity index (χ0) is 40.6. The van der Waals surface area contributed by atoms with Crippen molar-refractivity contribution in [2.45, 2.75) is 236 Å². The van der Waals surface area contributed by atoms with Crippen LogP contribution >= 0.6 is 0 Å². The molecule has 13 heteroatoms. The van der Waals surface area contributed by atoms with E-state index in [9.17, 15) is 33.6 Å². The number of carbonyl (C=O) groups is 1. The second-order valence-corrected chi connectivity index (χ2v) is 16.7. The molecule has 1 heterocycles. The molecule has 0 saturated carbocycles. The van der Waals surface area contributed by atoms with Crippen molar-refractivity contribution in [3.05, 3.63) is 12.2 Å². The molecular weight excluding hydrogens is 727 g/mol. The second kappa shape index (κ2) is 33.8. The van der Waals surface area contributed by atoms with E-state index in [-0.39, 0.29) is 18.9 Å². The van der Waals surface area contributed by atoms with Crippen LogP contribution in [0.2, 0.25) is 0 Å². The molecule has 0 aromatic rings. The largest absolute Gasteiger partial charge is 0.397 e. The van der Waals surface area contributed by atoms with E-state index in [0.29, 0.717) is 12.8 Å². The number of hydrogen-bond acceptors (Lipinski definition) is 10. The summed E-state index contributed by atoms with van der Waals surface area (Å²) in [6, 6.07) is -0.855. The van der Waals surface area contributed by atoms with Crippen LogP contribution < -0.4 is 5.32 Å². The molecule has 12 nitrogen and oxygen atoms in total. The summed E-state index contributed by atoms with van der Waals surface area (Å²) in [5.41, 5.74) is 0. The number of nitrogens with one attached hydrogen (secondary N) is 1. The lowest BCUT2D eigenvalue weighted by Crippen LogP contribution is -2.61. The van der Waals surface area contributed by atoms with Gasteiger partial charge in [-0.2, -0.15) is 8.42 Å². The van der Waals surface area contributed by atoms with Gasteiger partial charge in [0.25, 0.3) is 0 Å². The van der Waals surface area contributed by atoms with E-state index in [2.05, 4.69) is 35.5 Å². The SMILES string of the molecule is CCCCCC/C=C\CCCCCCCCCC(=O)NC(COC1OC(CO)C(O)C(OS(=O)(=O)O)C1O)C(O)CCCCCCCCCCCCCCC. The van der Waals surface area contributed by atoms with Crippen molar-refractivity contribution in [3.8, 4) is 0 Å². The summed E-state index contributed by atoms with van der Waals surface area (Å²) < 4.78 is 47.6. The van der Waals surface area contributed by atoms with Crippen molar-refractivity contribution in [1.29, 1.82) is 0 Å². The normalized spacial score (nSPS) is 21.6. The summed E-state index contributed by atoms with van der Waals surface area (Å²) in [5.74, 6) is -0.235. The Morgan fingerprint density at radius 1 is 0.709 bits per heavy atom. The van der Waals surface area contributed by atoms with Crippen LogP contribution in [0.15, 0.2) is 12.2 Å². The van der Waals surface area contributed by atoms with Crippen LogP contribution in [0, 0.1) is 0 Å². The van der Waals surface area contributed by atoms with E-state index < -0.39 is 59.9 Å². The molecule has 1 amide bonds. The summed E-state index contributed by atoms with van der Waals surface area (Å²) in [7, 11) is -5.07. The predicted octanol–water partition coefficient (Wildman–Crippen LogP) is 7.99. The minimum absolute atomic E-state index is 0.235. The van der Waals surface area contributed by atoms with E-state index in [4.69, 9.17) is 14.0 Å². The summed E-state index contributed by atoms with van der Waals surface area (Å²) >= 11 is 0. The first kappa shape index (κ1) is 51.9. The van der Waals surface area contributed by atoms with E-state index in [1.54, 1.807) is 0 Å².